The van der Waals surface area contributed by atoms with Crippen LogP contribution in [0.4, 0.5) is 0 Å². The minimum absolute atomic E-state index is 0.378. The van der Waals surface area contributed by atoms with Crippen LogP contribution in [0, 0.1) is 5.92 Å². The molecule has 4 heterocycles. The van der Waals surface area contributed by atoms with Gasteiger partial charge in [-0.05, 0) is 38.7 Å². The Morgan fingerprint density at radius 1 is 1.62 bits per heavy atom. The topological polar surface area (TPSA) is 12.5 Å². The van der Waals surface area contributed by atoms with Crippen molar-refractivity contribution in [1.82, 2.24) is 4.90 Å². The van der Waals surface area contributed by atoms with E-state index in [-0.39, 0.29) is 5.60 Å². The van der Waals surface area contributed by atoms with Gasteiger partial charge in [-0.2, -0.15) is 0 Å². The Morgan fingerprint density at radius 2 is 2.46 bits per heavy atom. The third kappa shape index (κ3) is 1.24. The van der Waals surface area contributed by atoms with Crippen LogP contribution in [0.3, 0.4) is 0 Å². The molecule has 4 saturated heterocycles. The molecular weight excluding hydrogens is 182 g/mol. The van der Waals surface area contributed by atoms with Crippen LogP contribution in [-0.4, -0.2) is 41.3 Å². The van der Waals surface area contributed by atoms with Crippen molar-refractivity contribution >= 4 is 11.8 Å². The lowest BCUT2D eigenvalue weighted by molar-refractivity contribution is -0.133. The number of thioether (sulfide) groups is 1. The molecule has 2 bridgehead atoms. The van der Waals surface area contributed by atoms with Gasteiger partial charge in [0.2, 0.25) is 0 Å². The van der Waals surface area contributed by atoms with Crippen molar-refractivity contribution in [2.45, 2.75) is 30.7 Å². The Kier molecular flexibility index (Phi) is 1.19. The summed E-state index contributed by atoms with van der Waals surface area (Å²) < 4.78 is 36.2. The Balaban J connectivity index is 1.84. The largest absolute Gasteiger partial charge is 0.359 e. The maximum absolute atomic E-state index is 8.03. The number of nitrogens with zero attached hydrogens (tertiary/aromatic N) is 1. The molecule has 0 N–H and O–H groups in total. The lowest BCUT2D eigenvalue weighted by atomic mass is 9.76. The standard InChI is InChI=1S/C10H17NOS/c1-8-12-10(7-13-8)6-11-4-2-9(10)3-5-11/h8-9H,2-7H2,1H3/t8?,10-/m0/s1/i1D3,8D. The number of hydrogen-bond acceptors (Lipinski definition) is 3. The Hall–Kier alpha value is 0.270. The zero-order chi connectivity index (χ0) is 12.3. The van der Waals surface area contributed by atoms with Crippen LogP contribution in [0.1, 0.15) is 25.2 Å². The van der Waals surface area contributed by atoms with Crippen molar-refractivity contribution in [3.05, 3.63) is 0 Å². The summed E-state index contributed by atoms with van der Waals surface area (Å²) in [6.45, 7) is 0.632. The predicted molar refractivity (Wildman–Crippen MR) is 54.9 cm³/mol. The molecule has 0 aliphatic carbocycles. The first-order valence-electron chi connectivity index (χ1n) is 6.91. The van der Waals surface area contributed by atoms with E-state index in [2.05, 4.69) is 4.90 Å². The summed E-state index contributed by atoms with van der Waals surface area (Å²) in [5.41, 5.74) is -2.14. The van der Waals surface area contributed by atoms with Gasteiger partial charge in [-0.25, -0.2) is 0 Å². The Labute approximate surface area is 89.6 Å². The van der Waals surface area contributed by atoms with Gasteiger partial charge in [0.15, 0.2) is 0 Å². The fourth-order valence-corrected chi connectivity index (χ4v) is 3.82. The van der Waals surface area contributed by atoms with Crippen molar-refractivity contribution < 1.29 is 10.2 Å². The maximum atomic E-state index is 8.03. The second kappa shape index (κ2) is 2.88. The van der Waals surface area contributed by atoms with E-state index in [9.17, 15) is 0 Å². The number of rotatable bonds is 0. The van der Waals surface area contributed by atoms with E-state index < -0.39 is 12.3 Å². The van der Waals surface area contributed by atoms with E-state index in [1.54, 1.807) is 0 Å². The predicted octanol–water partition coefficient (Wildman–Crippen LogP) is 1.56. The zero-order valence-electron chi connectivity index (χ0n) is 11.6. The first-order chi connectivity index (χ1) is 7.85. The summed E-state index contributed by atoms with van der Waals surface area (Å²) in [7, 11) is 0. The minimum atomic E-state index is -2.37. The van der Waals surface area contributed by atoms with E-state index in [1.807, 2.05) is 0 Å². The second-order valence-electron chi connectivity index (χ2n) is 4.29. The number of piperidine rings is 3. The van der Waals surface area contributed by atoms with Crippen molar-refractivity contribution in [2.75, 3.05) is 25.4 Å². The van der Waals surface area contributed by atoms with E-state index in [0.717, 1.165) is 44.2 Å². The highest BCUT2D eigenvalue weighted by atomic mass is 32.2. The first kappa shape index (κ1) is 5.38. The van der Waals surface area contributed by atoms with E-state index in [1.165, 1.54) is 0 Å². The smallest absolute Gasteiger partial charge is 0.101 e. The van der Waals surface area contributed by atoms with Crippen LogP contribution < -0.4 is 0 Å². The third-order valence-electron chi connectivity index (χ3n) is 3.57. The first-order valence-corrected chi connectivity index (χ1v) is 5.90. The molecule has 13 heavy (non-hydrogen) atoms. The fraction of sp³-hybridized carbons (Fsp3) is 1.00. The monoisotopic (exact) mass is 203 g/mol. The summed E-state index contributed by atoms with van der Waals surface area (Å²) in [5.74, 6) is 1.09. The molecule has 3 heteroatoms. The highest BCUT2D eigenvalue weighted by Crippen LogP contribution is 2.46. The average Bonchev–Trinajstić information content (AvgIpc) is 2.58. The highest BCUT2D eigenvalue weighted by Gasteiger charge is 2.51. The number of ether oxygens (including phenoxy) is 1. The summed E-state index contributed by atoms with van der Waals surface area (Å²) in [5, 5.41) is 0. The van der Waals surface area contributed by atoms with Gasteiger partial charge >= 0.3 is 0 Å². The summed E-state index contributed by atoms with van der Waals surface area (Å²) >= 11 is 1.15. The quantitative estimate of drug-likeness (QED) is 0.593. The van der Waals surface area contributed by atoms with Crippen molar-refractivity contribution in [3.8, 4) is 0 Å². The maximum Gasteiger partial charge on any atom is 0.101 e. The van der Waals surface area contributed by atoms with Crippen LogP contribution in [-0.2, 0) is 4.74 Å². The van der Waals surface area contributed by atoms with E-state index in [0.29, 0.717) is 11.7 Å². The van der Waals surface area contributed by atoms with E-state index >= 15 is 0 Å². The van der Waals surface area contributed by atoms with Crippen LogP contribution in [0.5, 0.6) is 0 Å². The fourth-order valence-electron chi connectivity index (χ4n) is 2.84. The average molecular weight is 203 g/mol. The normalized spacial score (nSPS) is 65.8. The highest BCUT2D eigenvalue weighted by molar-refractivity contribution is 8.00. The molecule has 0 amide bonds. The lowest BCUT2D eigenvalue weighted by Gasteiger charge is -2.50. The van der Waals surface area contributed by atoms with Crippen molar-refractivity contribution in [3.63, 3.8) is 0 Å². The molecule has 74 valence electrons. The van der Waals surface area contributed by atoms with Gasteiger partial charge in [0.1, 0.15) is 5.41 Å². The molecule has 0 radical (unpaired) electrons. The van der Waals surface area contributed by atoms with Crippen molar-refractivity contribution in [2.24, 2.45) is 5.92 Å². The third-order valence-corrected chi connectivity index (χ3v) is 4.54. The summed E-state index contributed by atoms with van der Waals surface area (Å²) in [6.07, 6.45) is 2.16. The zero-order valence-corrected chi connectivity index (χ0v) is 8.40. The minimum Gasteiger partial charge on any atom is -0.359 e. The van der Waals surface area contributed by atoms with Gasteiger partial charge in [0.25, 0.3) is 0 Å². The van der Waals surface area contributed by atoms with Crippen molar-refractivity contribution in [1.29, 1.82) is 0 Å². The molecular formula is C10H17NOS. The Bertz CT molecular complexity index is 331. The molecule has 2 nitrogen and oxygen atoms in total. The molecule has 2 atom stereocenters. The number of fused-ring (bicyclic) bond motifs is 2. The second-order valence-corrected chi connectivity index (χ2v) is 5.24. The van der Waals surface area contributed by atoms with Gasteiger partial charge in [0, 0.05) is 16.4 Å². The van der Waals surface area contributed by atoms with Gasteiger partial charge in [-0.15, -0.1) is 11.8 Å². The molecule has 0 aromatic rings. The molecule has 4 rings (SSSR count). The molecule has 0 saturated carbocycles. The van der Waals surface area contributed by atoms with Gasteiger partial charge in [-0.3, -0.25) is 0 Å². The summed E-state index contributed by atoms with van der Waals surface area (Å²) in [4.78, 5) is 2.34. The molecule has 0 aromatic heterocycles. The lowest BCUT2D eigenvalue weighted by Crippen LogP contribution is -2.60. The SMILES string of the molecule is [2H]C([2H])([2H])C1([2H])O[C@]2(CS1)CN1CCC2CC1. The van der Waals surface area contributed by atoms with Crippen LogP contribution in [0.15, 0.2) is 0 Å². The molecule has 4 aliphatic rings. The van der Waals surface area contributed by atoms with Crippen LogP contribution in [0.2, 0.25) is 0 Å². The molecule has 4 aliphatic heterocycles. The molecule has 1 unspecified atom stereocenters. The Morgan fingerprint density at radius 3 is 3.00 bits per heavy atom. The molecule has 4 fully saturated rings. The number of hydrogen-bond donors (Lipinski definition) is 0. The van der Waals surface area contributed by atoms with Gasteiger partial charge in [0.05, 0.1) is 6.97 Å². The summed E-state index contributed by atoms with van der Waals surface area (Å²) in [6, 6.07) is 0. The van der Waals surface area contributed by atoms with E-state index in [4.69, 9.17) is 10.2 Å². The molecule has 0 aromatic carbocycles. The van der Waals surface area contributed by atoms with Crippen LogP contribution in [0.25, 0.3) is 0 Å². The molecule has 1 spiro atoms. The van der Waals surface area contributed by atoms with Crippen LogP contribution >= 0.6 is 11.8 Å². The van der Waals surface area contributed by atoms with Gasteiger partial charge in [-0.1, -0.05) is 0 Å². The van der Waals surface area contributed by atoms with Gasteiger partial charge < -0.3 is 9.64 Å².